The van der Waals surface area contributed by atoms with E-state index in [1.807, 2.05) is 45.0 Å². The van der Waals surface area contributed by atoms with Gasteiger partial charge in [-0.25, -0.2) is 4.39 Å². The Balaban J connectivity index is 2.33. The quantitative estimate of drug-likeness (QED) is 0.914. The lowest BCUT2D eigenvalue weighted by molar-refractivity contribution is 0.242. The Morgan fingerprint density at radius 3 is 2.33 bits per heavy atom. The molecule has 0 saturated carbocycles. The molecular formula is C17H21FN2O. The molecule has 3 nitrogen and oxygen atoms in total. The first-order valence-electron chi connectivity index (χ1n) is 7.14. The van der Waals surface area contributed by atoms with Crippen molar-refractivity contribution in [1.29, 1.82) is 0 Å². The second-order valence-electron chi connectivity index (χ2n) is 5.38. The van der Waals surface area contributed by atoms with E-state index in [4.69, 9.17) is 10.5 Å². The SMILES string of the molecule is CCC(N)(c1ccc(OC(C)C)cc1)c1ccc(F)cn1. The number of hydrogen-bond donors (Lipinski definition) is 1. The standard InChI is InChI=1S/C17H21FN2O/c1-4-17(19,16-10-7-14(18)11-20-16)13-5-8-15(9-6-13)21-12(2)3/h5-12H,4,19H2,1-3H3. The molecule has 1 unspecified atom stereocenters. The monoisotopic (exact) mass is 288 g/mol. The Hall–Kier alpha value is -1.94. The highest BCUT2D eigenvalue weighted by Crippen LogP contribution is 2.30. The molecule has 1 heterocycles. The highest BCUT2D eigenvalue weighted by molar-refractivity contribution is 5.37. The number of benzene rings is 1. The molecule has 0 bridgehead atoms. The number of pyridine rings is 1. The molecule has 0 spiro atoms. The van der Waals surface area contributed by atoms with Crippen molar-refractivity contribution in [1.82, 2.24) is 4.98 Å². The van der Waals surface area contributed by atoms with Gasteiger partial charge in [0.2, 0.25) is 0 Å². The Morgan fingerprint density at radius 2 is 1.86 bits per heavy atom. The van der Waals surface area contributed by atoms with Gasteiger partial charge in [0, 0.05) is 0 Å². The fraction of sp³-hybridized carbons (Fsp3) is 0.353. The molecule has 0 aliphatic heterocycles. The minimum Gasteiger partial charge on any atom is -0.491 e. The Bertz CT molecular complexity index is 581. The number of nitrogens with two attached hydrogens (primary N) is 1. The zero-order chi connectivity index (χ0) is 15.5. The van der Waals surface area contributed by atoms with Gasteiger partial charge >= 0.3 is 0 Å². The fourth-order valence-electron chi connectivity index (χ4n) is 2.28. The minimum absolute atomic E-state index is 0.128. The van der Waals surface area contributed by atoms with Crippen LogP contribution in [-0.2, 0) is 5.54 Å². The minimum atomic E-state index is -0.732. The van der Waals surface area contributed by atoms with E-state index in [-0.39, 0.29) is 11.9 Å². The highest BCUT2D eigenvalue weighted by Gasteiger charge is 2.29. The Morgan fingerprint density at radius 1 is 1.19 bits per heavy atom. The van der Waals surface area contributed by atoms with Crippen LogP contribution in [0.25, 0.3) is 0 Å². The van der Waals surface area contributed by atoms with Crippen molar-refractivity contribution < 1.29 is 9.13 Å². The summed E-state index contributed by atoms with van der Waals surface area (Å²) in [5.41, 5.74) is 7.37. The molecule has 1 atom stereocenters. The third kappa shape index (κ3) is 3.39. The maximum atomic E-state index is 13.0. The van der Waals surface area contributed by atoms with Crippen LogP contribution in [0.2, 0.25) is 0 Å². The first-order valence-corrected chi connectivity index (χ1v) is 7.14. The largest absolute Gasteiger partial charge is 0.491 e. The molecule has 0 saturated heterocycles. The predicted molar refractivity (Wildman–Crippen MR) is 81.7 cm³/mol. The molecule has 112 valence electrons. The van der Waals surface area contributed by atoms with Crippen LogP contribution in [0.15, 0.2) is 42.6 Å². The number of aromatic nitrogens is 1. The normalized spacial score (nSPS) is 14.0. The first kappa shape index (κ1) is 15.4. The van der Waals surface area contributed by atoms with Gasteiger partial charge in [-0.1, -0.05) is 19.1 Å². The predicted octanol–water partition coefficient (Wildman–Crippen LogP) is 3.62. The van der Waals surface area contributed by atoms with E-state index in [0.717, 1.165) is 11.3 Å². The van der Waals surface area contributed by atoms with Gasteiger partial charge in [0.25, 0.3) is 0 Å². The van der Waals surface area contributed by atoms with E-state index in [0.29, 0.717) is 12.1 Å². The third-order valence-electron chi connectivity index (χ3n) is 3.48. The van der Waals surface area contributed by atoms with Crippen molar-refractivity contribution in [2.75, 3.05) is 0 Å². The average Bonchev–Trinajstić information content (AvgIpc) is 2.47. The zero-order valence-corrected chi connectivity index (χ0v) is 12.6. The lowest BCUT2D eigenvalue weighted by Gasteiger charge is -2.28. The van der Waals surface area contributed by atoms with E-state index >= 15 is 0 Å². The number of nitrogens with zero attached hydrogens (tertiary/aromatic N) is 1. The molecule has 4 heteroatoms. The number of hydrogen-bond acceptors (Lipinski definition) is 3. The van der Waals surface area contributed by atoms with Gasteiger partial charge in [0.05, 0.1) is 23.5 Å². The second kappa shape index (κ2) is 6.22. The van der Waals surface area contributed by atoms with E-state index < -0.39 is 5.54 Å². The van der Waals surface area contributed by atoms with Crippen molar-refractivity contribution >= 4 is 0 Å². The highest BCUT2D eigenvalue weighted by atomic mass is 19.1. The summed E-state index contributed by atoms with van der Waals surface area (Å²) < 4.78 is 18.7. The van der Waals surface area contributed by atoms with Gasteiger partial charge in [-0.15, -0.1) is 0 Å². The van der Waals surface area contributed by atoms with Crippen LogP contribution in [0, 0.1) is 5.82 Å². The van der Waals surface area contributed by atoms with Gasteiger partial charge in [0.1, 0.15) is 11.6 Å². The number of ether oxygens (including phenoxy) is 1. The van der Waals surface area contributed by atoms with Crippen molar-refractivity contribution in [3.05, 3.63) is 59.7 Å². The van der Waals surface area contributed by atoms with Crippen LogP contribution in [0.3, 0.4) is 0 Å². The molecule has 21 heavy (non-hydrogen) atoms. The van der Waals surface area contributed by atoms with Crippen LogP contribution in [0.4, 0.5) is 4.39 Å². The first-order chi connectivity index (χ1) is 9.95. The lowest BCUT2D eigenvalue weighted by atomic mass is 9.85. The van der Waals surface area contributed by atoms with Crippen LogP contribution < -0.4 is 10.5 Å². The summed E-state index contributed by atoms with van der Waals surface area (Å²) in [5, 5.41) is 0. The molecule has 0 aliphatic rings. The van der Waals surface area contributed by atoms with Crippen LogP contribution in [0.5, 0.6) is 5.75 Å². The molecule has 0 fully saturated rings. The van der Waals surface area contributed by atoms with Crippen LogP contribution in [-0.4, -0.2) is 11.1 Å². The average molecular weight is 288 g/mol. The molecule has 0 radical (unpaired) electrons. The molecular weight excluding hydrogens is 267 g/mol. The summed E-state index contributed by atoms with van der Waals surface area (Å²) in [6.45, 7) is 5.95. The van der Waals surface area contributed by atoms with Gasteiger partial charge in [-0.05, 0) is 50.1 Å². The van der Waals surface area contributed by atoms with Crippen LogP contribution in [0.1, 0.15) is 38.4 Å². The topological polar surface area (TPSA) is 48.1 Å². The van der Waals surface area contributed by atoms with E-state index in [1.165, 1.54) is 12.3 Å². The van der Waals surface area contributed by atoms with E-state index in [1.54, 1.807) is 6.07 Å². The Labute approximate surface area is 125 Å². The van der Waals surface area contributed by atoms with Crippen molar-refractivity contribution in [2.24, 2.45) is 5.73 Å². The number of rotatable bonds is 5. The second-order valence-corrected chi connectivity index (χ2v) is 5.38. The summed E-state index contributed by atoms with van der Waals surface area (Å²) in [7, 11) is 0. The third-order valence-corrected chi connectivity index (χ3v) is 3.48. The lowest BCUT2D eigenvalue weighted by Crippen LogP contribution is -2.38. The van der Waals surface area contributed by atoms with Gasteiger partial charge in [0.15, 0.2) is 0 Å². The van der Waals surface area contributed by atoms with Gasteiger partial charge < -0.3 is 10.5 Å². The summed E-state index contributed by atoms with van der Waals surface area (Å²) in [5.74, 6) is 0.442. The van der Waals surface area contributed by atoms with Crippen molar-refractivity contribution in [2.45, 2.75) is 38.8 Å². The maximum Gasteiger partial charge on any atom is 0.141 e. The fourth-order valence-corrected chi connectivity index (χ4v) is 2.28. The summed E-state index contributed by atoms with van der Waals surface area (Å²) in [4.78, 5) is 4.14. The zero-order valence-electron chi connectivity index (χ0n) is 12.6. The molecule has 2 N–H and O–H groups in total. The van der Waals surface area contributed by atoms with Crippen LogP contribution >= 0.6 is 0 Å². The van der Waals surface area contributed by atoms with Gasteiger partial charge in [-0.2, -0.15) is 0 Å². The Kier molecular flexibility index (Phi) is 4.58. The molecule has 1 aromatic carbocycles. The molecule has 2 aromatic rings. The molecule has 1 aromatic heterocycles. The number of halogens is 1. The maximum absolute atomic E-state index is 13.0. The molecule has 2 rings (SSSR count). The van der Waals surface area contributed by atoms with Crippen molar-refractivity contribution in [3.63, 3.8) is 0 Å². The van der Waals surface area contributed by atoms with E-state index in [9.17, 15) is 4.39 Å². The summed E-state index contributed by atoms with van der Waals surface area (Å²) in [6, 6.07) is 10.7. The smallest absolute Gasteiger partial charge is 0.141 e. The summed E-state index contributed by atoms with van der Waals surface area (Å²) >= 11 is 0. The summed E-state index contributed by atoms with van der Waals surface area (Å²) in [6.07, 6.45) is 1.99. The molecule has 0 aliphatic carbocycles. The van der Waals surface area contributed by atoms with Crippen molar-refractivity contribution in [3.8, 4) is 5.75 Å². The van der Waals surface area contributed by atoms with E-state index in [2.05, 4.69) is 4.98 Å². The van der Waals surface area contributed by atoms with Gasteiger partial charge in [-0.3, -0.25) is 4.98 Å². The molecule has 0 amide bonds.